The lowest BCUT2D eigenvalue weighted by Crippen LogP contribution is -2.14. The normalized spacial score (nSPS) is 11.9. The van der Waals surface area contributed by atoms with Crippen molar-refractivity contribution < 1.29 is 4.74 Å². The molecule has 4 heteroatoms. The second kappa shape index (κ2) is 7.63. The van der Waals surface area contributed by atoms with Crippen LogP contribution in [0.3, 0.4) is 0 Å². The highest BCUT2D eigenvalue weighted by atomic mass is 35.5. The van der Waals surface area contributed by atoms with E-state index >= 15 is 0 Å². The Labute approximate surface area is 141 Å². The SMILES string of the molecule is CC[C@H](NC)c1sccc1Oc1cccc2ccccc12.Cl. The Kier molecular flexibility index (Phi) is 5.83. The van der Waals surface area contributed by atoms with Crippen LogP contribution in [0, 0.1) is 0 Å². The Morgan fingerprint density at radius 2 is 1.82 bits per heavy atom. The lowest BCUT2D eigenvalue weighted by Gasteiger charge is -2.15. The number of fused-ring (bicyclic) bond motifs is 1. The average molecular weight is 334 g/mol. The number of hydrogen-bond donors (Lipinski definition) is 1. The van der Waals surface area contributed by atoms with Crippen molar-refractivity contribution in [3.05, 3.63) is 58.8 Å². The first kappa shape index (κ1) is 16.8. The molecule has 0 aliphatic rings. The highest BCUT2D eigenvalue weighted by molar-refractivity contribution is 7.10. The van der Waals surface area contributed by atoms with E-state index in [0.717, 1.165) is 23.3 Å². The number of rotatable bonds is 5. The van der Waals surface area contributed by atoms with E-state index in [1.807, 2.05) is 25.2 Å². The summed E-state index contributed by atoms with van der Waals surface area (Å²) >= 11 is 1.74. The Hall–Kier alpha value is -1.55. The van der Waals surface area contributed by atoms with Gasteiger partial charge in [-0.2, -0.15) is 0 Å². The monoisotopic (exact) mass is 333 g/mol. The van der Waals surface area contributed by atoms with E-state index in [1.165, 1.54) is 10.3 Å². The van der Waals surface area contributed by atoms with Crippen molar-refractivity contribution >= 4 is 34.5 Å². The summed E-state index contributed by atoms with van der Waals surface area (Å²) in [5.74, 6) is 1.87. The molecule has 3 aromatic rings. The smallest absolute Gasteiger partial charge is 0.142 e. The largest absolute Gasteiger partial charge is 0.455 e. The van der Waals surface area contributed by atoms with Gasteiger partial charge in [0.2, 0.25) is 0 Å². The van der Waals surface area contributed by atoms with Crippen molar-refractivity contribution in [2.45, 2.75) is 19.4 Å². The maximum Gasteiger partial charge on any atom is 0.142 e. The van der Waals surface area contributed by atoms with Crippen molar-refractivity contribution in [1.29, 1.82) is 0 Å². The van der Waals surface area contributed by atoms with Crippen LogP contribution in [0.1, 0.15) is 24.3 Å². The van der Waals surface area contributed by atoms with Crippen molar-refractivity contribution in [3.8, 4) is 11.5 Å². The number of thiophene rings is 1. The molecule has 1 atom stereocenters. The molecular formula is C18H20ClNOS. The second-order valence-corrected chi connectivity index (χ2v) is 5.93. The van der Waals surface area contributed by atoms with Gasteiger partial charge in [-0.3, -0.25) is 0 Å². The molecule has 0 unspecified atom stereocenters. The van der Waals surface area contributed by atoms with E-state index in [1.54, 1.807) is 11.3 Å². The Bertz CT molecular complexity index is 731. The van der Waals surface area contributed by atoms with Gasteiger partial charge in [-0.05, 0) is 36.4 Å². The number of benzene rings is 2. The number of nitrogens with one attached hydrogen (secondary N) is 1. The Morgan fingerprint density at radius 3 is 2.59 bits per heavy atom. The molecule has 0 bridgehead atoms. The molecule has 3 rings (SSSR count). The van der Waals surface area contributed by atoms with Crippen LogP contribution < -0.4 is 10.1 Å². The van der Waals surface area contributed by atoms with Gasteiger partial charge in [0.1, 0.15) is 11.5 Å². The maximum atomic E-state index is 6.22. The minimum atomic E-state index is 0. The standard InChI is InChI=1S/C18H19NOS.ClH/c1-3-15(19-2)18-17(11-12-21-18)20-16-10-6-8-13-7-4-5-9-14(13)16;/h4-12,15,19H,3H2,1-2H3;1H/t15-;/m0./s1. The molecular weight excluding hydrogens is 314 g/mol. The first-order valence-corrected chi connectivity index (χ1v) is 8.11. The maximum absolute atomic E-state index is 6.22. The van der Waals surface area contributed by atoms with Crippen molar-refractivity contribution in [2.75, 3.05) is 7.05 Å². The van der Waals surface area contributed by atoms with E-state index < -0.39 is 0 Å². The molecule has 1 heterocycles. The summed E-state index contributed by atoms with van der Waals surface area (Å²) in [7, 11) is 2.00. The zero-order chi connectivity index (χ0) is 14.7. The van der Waals surface area contributed by atoms with Gasteiger partial charge in [0, 0.05) is 11.4 Å². The van der Waals surface area contributed by atoms with E-state index in [4.69, 9.17) is 4.74 Å². The molecule has 0 aliphatic carbocycles. The predicted molar refractivity (Wildman–Crippen MR) is 97.7 cm³/mol. The molecule has 1 aromatic heterocycles. The summed E-state index contributed by atoms with van der Waals surface area (Å²) in [6.45, 7) is 2.18. The lowest BCUT2D eigenvalue weighted by atomic mass is 10.1. The molecule has 2 nitrogen and oxygen atoms in total. The van der Waals surface area contributed by atoms with Gasteiger partial charge in [0.05, 0.1) is 4.88 Å². The van der Waals surface area contributed by atoms with Crippen LogP contribution in [-0.4, -0.2) is 7.05 Å². The zero-order valence-electron chi connectivity index (χ0n) is 12.7. The third kappa shape index (κ3) is 3.27. The van der Waals surface area contributed by atoms with Crippen LogP contribution in [0.4, 0.5) is 0 Å². The van der Waals surface area contributed by atoms with Gasteiger partial charge in [-0.15, -0.1) is 23.7 Å². The van der Waals surface area contributed by atoms with Gasteiger partial charge in [-0.25, -0.2) is 0 Å². The van der Waals surface area contributed by atoms with Crippen molar-refractivity contribution in [2.24, 2.45) is 0 Å². The van der Waals surface area contributed by atoms with Crippen LogP contribution in [0.25, 0.3) is 10.8 Å². The molecule has 0 amide bonds. The summed E-state index contributed by atoms with van der Waals surface area (Å²) in [5.41, 5.74) is 0. The van der Waals surface area contributed by atoms with E-state index in [2.05, 4.69) is 48.0 Å². The zero-order valence-corrected chi connectivity index (χ0v) is 14.3. The molecule has 0 saturated carbocycles. The van der Waals surface area contributed by atoms with Crippen LogP contribution in [0.2, 0.25) is 0 Å². The first-order chi connectivity index (χ1) is 10.3. The van der Waals surface area contributed by atoms with Crippen LogP contribution in [0.5, 0.6) is 11.5 Å². The van der Waals surface area contributed by atoms with E-state index in [-0.39, 0.29) is 12.4 Å². The fraction of sp³-hybridized carbons (Fsp3) is 0.222. The Morgan fingerprint density at radius 1 is 1.05 bits per heavy atom. The number of halogens is 1. The third-order valence-electron chi connectivity index (χ3n) is 3.70. The summed E-state index contributed by atoms with van der Waals surface area (Å²) in [4.78, 5) is 1.26. The molecule has 2 aromatic carbocycles. The molecule has 0 aliphatic heterocycles. The number of ether oxygens (including phenoxy) is 1. The van der Waals surface area contributed by atoms with Gasteiger partial charge in [0.15, 0.2) is 0 Å². The van der Waals surface area contributed by atoms with Gasteiger partial charge in [0.25, 0.3) is 0 Å². The topological polar surface area (TPSA) is 21.3 Å². The Balaban J connectivity index is 0.00000176. The molecule has 0 fully saturated rings. The first-order valence-electron chi connectivity index (χ1n) is 7.23. The lowest BCUT2D eigenvalue weighted by molar-refractivity contribution is 0.469. The average Bonchev–Trinajstić information content (AvgIpc) is 2.97. The fourth-order valence-electron chi connectivity index (χ4n) is 2.57. The van der Waals surface area contributed by atoms with Crippen LogP contribution >= 0.6 is 23.7 Å². The minimum Gasteiger partial charge on any atom is -0.455 e. The molecule has 0 radical (unpaired) electrons. The van der Waals surface area contributed by atoms with Crippen LogP contribution in [0.15, 0.2) is 53.9 Å². The summed E-state index contributed by atoms with van der Waals surface area (Å²) < 4.78 is 6.22. The molecule has 116 valence electrons. The van der Waals surface area contributed by atoms with E-state index in [9.17, 15) is 0 Å². The summed E-state index contributed by atoms with van der Waals surface area (Å²) in [6.07, 6.45) is 1.04. The highest BCUT2D eigenvalue weighted by Gasteiger charge is 2.15. The van der Waals surface area contributed by atoms with Crippen molar-refractivity contribution in [3.63, 3.8) is 0 Å². The quantitative estimate of drug-likeness (QED) is 0.638. The minimum absolute atomic E-state index is 0. The molecule has 1 N–H and O–H groups in total. The summed E-state index contributed by atoms with van der Waals surface area (Å²) in [6, 6.07) is 16.9. The second-order valence-electron chi connectivity index (χ2n) is 4.98. The predicted octanol–water partition coefficient (Wildman–Crippen LogP) is 5.79. The number of hydrogen-bond acceptors (Lipinski definition) is 3. The molecule has 0 spiro atoms. The fourth-order valence-corrected chi connectivity index (χ4v) is 3.58. The highest BCUT2D eigenvalue weighted by Crippen LogP contribution is 2.37. The van der Waals surface area contributed by atoms with Gasteiger partial charge >= 0.3 is 0 Å². The van der Waals surface area contributed by atoms with Gasteiger partial charge in [-0.1, -0.05) is 43.3 Å². The summed E-state index contributed by atoms with van der Waals surface area (Å²) in [5, 5.41) is 7.79. The van der Waals surface area contributed by atoms with Gasteiger partial charge < -0.3 is 10.1 Å². The third-order valence-corrected chi connectivity index (χ3v) is 4.71. The molecule has 0 saturated heterocycles. The van der Waals surface area contributed by atoms with E-state index in [0.29, 0.717) is 6.04 Å². The molecule has 22 heavy (non-hydrogen) atoms. The van der Waals surface area contributed by atoms with Crippen molar-refractivity contribution in [1.82, 2.24) is 5.32 Å². The van der Waals surface area contributed by atoms with Crippen LogP contribution in [-0.2, 0) is 0 Å².